The summed E-state index contributed by atoms with van der Waals surface area (Å²) in [6.45, 7) is 2.58. The van der Waals surface area contributed by atoms with E-state index in [1.54, 1.807) is 14.2 Å². The van der Waals surface area contributed by atoms with Gasteiger partial charge in [-0.15, -0.1) is 0 Å². The van der Waals surface area contributed by atoms with Crippen LogP contribution in [0.5, 0.6) is 0 Å². The van der Waals surface area contributed by atoms with Crippen LogP contribution in [-0.2, 0) is 14.3 Å². The topological polar surface area (TPSA) is 59.9 Å². The number of aliphatic imine (C=N–C) groups is 1. The molecule has 1 aromatic carbocycles. The van der Waals surface area contributed by atoms with Crippen LogP contribution in [0.15, 0.2) is 53.1 Å². The van der Waals surface area contributed by atoms with Gasteiger partial charge in [0.2, 0.25) is 11.8 Å². The summed E-state index contributed by atoms with van der Waals surface area (Å²) in [5, 5.41) is 3.35. The van der Waals surface area contributed by atoms with E-state index in [2.05, 4.69) is 10.3 Å². The van der Waals surface area contributed by atoms with Crippen molar-refractivity contribution >= 4 is 23.4 Å². The number of ether oxygens (including phenoxy) is 2. The molecule has 134 valence electrons. The van der Waals surface area contributed by atoms with Gasteiger partial charge < -0.3 is 14.8 Å². The largest absolute Gasteiger partial charge is 0.474 e. The van der Waals surface area contributed by atoms with Crippen LogP contribution in [0.2, 0.25) is 5.02 Å². The molecule has 1 aromatic rings. The maximum absolute atomic E-state index is 11.9. The summed E-state index contributed by atoms with van der Waals surface area (Å²) >= 11 is 5.90. The van der Waals surface area contributed by atoms with Crippen molar-refractivity contribution in [3.05, 3.63) is 58.7 Å². The van der Waals surface area contributed by atoms with Gasteiger partial charge in [-0.3, -0.25) is 4.79 Å². The highest BCUT2D eigenvalue weighted by atomic mass is 35.5. The molecule has 6 heteroatoms. The molecule has 0 radical (unpaired) electrons. The van der Waals surface area contributed by atoms with Gasteiger partial charge >= 0.3 is 0 Å². The summed E-state index contributed by atoms with van der Waals surface area (Å²) < 4.78 is 10.8. The molecule has 0 saturated carbocycles. The van der Waals surface area contributed by atoms with Crippen LogP contribution in [0.3, 0.4) is 0 Å². The Kier molecular flexibility index (Phi) is 7.22. The van der Waals surface area contributed by atoms with Crippen LogP contribution in [0.1, 0.15) is 18.5 Å². The molecule has 2 unspecified atom stereocenters. The van der Waals surface area contributed by atoms with Crippen molar-refractivity contribution in [1.82, 2.24) is 5.32 Å². The highest BCUT2D eigenvalue weighted by Gasteiger charge is 2.19. The number of rotatable bonds is 7. The molecule has 0 fully saturated rings. The third-order valence-electron chi connectivity index (χ3n) is 3.98. The third kappa shape index (κ3) is 5.44. The van der Waals surface area contributed by atoms with Gasteiger partial charge in [-0.1, -0.05) is 35.4 Å². The van der Waals surface area contributed by atoms with Gasteiger partial charge in [0.25, 0.3) is 0 Å². The fourth-order valence-electron chi connectivity index (χ4n) is 2.48. The minimum atomic E-state index is -0.318. The summed E-state index contributed by atoms with van der Waals surface area (Å²) in [5.74, 6) is 0.185. The summed E-state index contributed by atoms with van der Waals surface area (Å²) in [6.07, 6.45) is 5.71. The SMILES string of the molecule is CNC(=O)C(COC)/C(C)=C\COC1=NC(c2ccc(Cl)cc2)C=C1. The number of benzene rings is 1. The standard InChI is InChI=1S/C19H23ClN2O3/c1-13(16(12-24-3)19(23)21-2)10-11-25-18-9-8-17(22-18)14-4-6-15(20)7-5-14/h4-10,16-17H,11-12H2,1-3H3,(H,21,23)/b13-10-. The van der Waals surface area contributed by atoms with E-state index in [0.717, 1.165) is 11.1 Å². The molecule has 0 bridgehead atoms. The molecule has 5 nitrogen and oxygen atoms in total. The van der Waals surface area contributed by atoms with E-state index in [1.807, 2.05) is 49.4 Å². The van der Waals surface area contributed by atoms with Gasteiger partial charge in [0, 0.05) is 19.2 Å². The molecular weight excluding hydrogens is 340 g/mol. The van der Waals surface area contributed by atoms with E-state index < -0.39 is 0 Å². The van der Waals surface area contributed by atoms with Crippen LogP contribution < -0.4 is 5.32 Å². The van der Waals surface area contributed by atoms with E-state index in [-0.39, 0.29) is 17.9 Å². The lowest BCUT2D eigenvalue weighted by molar-refractivity contribution is -0.124. The van der Waals surface area contributed by atoms with Crippen LogP contribution in [0.4, 0.5) is 0 Å². The number of amides is 1. The Morgan fingerprint density at radius 2 is 2.12 bits per heavy atom. The first-order valence-electron chi connectivity index (χ1n) is 8.06. The highest BCUT2D eigenvalue weighted by molar-refractivity contribution is 6.30. The van der Waals surface area contributed by atoms with E-state index in [4.69, 9.17) is 21.1 Å². The number of carbonyl (C=O) groups is 1. The van der Waals surface area contributed by atoms with Gasteiger partial charge in [0.1, 0.15) is 6.61 Å². The molecule has 1 N–H and O–H groups in total. The van der Waals surface area contributed by atoms with Gasteiger partial charge in [-0.2, -0.15) is 0 Å². The number of nitrogens with zero attached hydrogens (tertiary/aromatic N) is 1. The average molecular weight is 363 g/mol. The number of carbonyl (C=O) groups excluding carboxylic acids is 1. The number of halogens is 1. The van der Waals surface area contributed by atoms with E-state index in [9.17, 15) is 4.79 Å². The van der Waals surface area contributed by atoms with Crippen LogP contribution in [-0.4, -0.2) is 39.2 Å². The van der Waals surface area contributed by atoms with Crippen molar-refractivity contribution < 1.29 is 14.3 Å². The van der Waals surface area contributed by atoms with Crippen molar-refractivity contribution in [3.63, 3.8) is 0 Å². The Bertz CT molecular complexity index is 680. The summed E-state index contributed by atoms with van der Waals surface area (Å²) in [7, 11) is 3.19. The highest BCUT2D eigenvalue weighted by Crippen LogP contribution is 2.25. The fourth-order valence-corrected chi connectivity index (χ4v) is 2.61. The predicted molar refractivity (Wildman–Crippen MR) is 99.9 cm³/mol. The molecular formula is C19H23ClN2O3. The van der Waals surface area contributed by atoms with Gasteiger partial charge in [-0.05, 0) is 36.8 Å². The van der Waals surface area contributed by atoms with Crippen molar-refractivity contribution in [2.45, 2.75) is 13.0 Å². The molecule has 0 saturated heterocycles. The Labute approximate surface area is 153 Å². The third-order valence-corrected chi connectivity index (χ3v) is 4.23. The maximum atomic E-state index is 11.9. The lowest BCUT2D eigenvalue weighted by atomic mass is 10.0. The lowest BCUT2D eigenvalue weighted by Gasteiger charge is -2.15. The van der Waals surface area contributed by atoms with Gasteiger partial charge in [0.15, 0.2) is 0 Å². The minimum Gasteiger partial charge on any atom is -0.474 e. The molecule has 0 spiro atoms. The Morgan fingerprint density at radius 3 is 2.76 bits per heavy atom. The second-order valence-electron chi connectivity index (χ2n) is 5.70. The molecule has 25 heavy (non-hydrogen) atoms. The van der Waals surface area contributed by atoms with Gasteiger partial charge in [0.05, 0.1) is 18.6 Å². The summed E-state index contributed by atoms with van der Waals surface area (Å²) in [5.41, 5.74) is 1.96. The second-order valence-corrected chi connectivity index (χ2v) is 6.14. The molecule has 1 aliphatic heterocycles. The molecule has 0 aromatic heterocycles. The Balaban J connectivity index is 1.92. The van der Waals surface area contributed by atoms with Crippen molar-refractivity contribution in [2.24, 2.45) is 10.9 Å². The van der Waals surface area contributed by atoms with E-state index in [0.29, 0.717) is 24.1 Å². The molecule has 2 atom stereocenters. The quantitative estimate of drug-likeness (QED) is 0.757. The van der Waals surface area contributed by atoms with Crippen molar-refractivity contribution in [2.75, 3.05) is 27.4 Å². The Hall–Kier alpha value is -2.11. The van der Waals surface area contributed by atoms with E-state index in [1.165, 1.54) is 0 Å². The lowest BCUT2D eigenvalue weighted by Crippen LogP contribution is -2.31. The smallest absolute Gasteiger partial charge is 0.229 e. The zero-order valence-corrected chi connectivity index (χ0v) is 15.4. The molecule has 2 rings (SSSR count). The first kappa shape index (κ1) is 19.2. The predicted octanol–water partition coefficient (Wildman–Crippen LogP) is 3.32. The normalized spacial score (nSPS) is 18.0. The number of methoxy groups -OCH3 is 1. The second kappa shape index (κ2) is 9.39. The van der Waals surface area contributed by atoms with Crippen LogP contribution >= 0.6 is 11.6 Å². The molecule has 1 amide bonds. The Morgan fingerprint density at radius 1 is 1.40 bits per heavy atom. The molecule has 1 aliphatic rings. The van der Waals surface area contributed by atoms with E-state index >= 15 is 0 Å². The fraction of sp³-hybridized carbons (Fsp3) is 0.368. The first-order chi connectivity index (χ1) is 12.0. The zero-order valence-electron chi connectivity index (χ0n) is 14.7. The van der Waals surface area contributed by atoms with Crippen LogP contribution in [0, 0.1) is 5.92 Å². The van der Waals surface area contributed by atoms with Crippen LogP contribution in [0.25, 0.3) is 0 Å². The number of hydrogen-bond donors (Lipinski definition) is 1. The number of hydrogen-bond acceptors (Lipinski definition) is 4. The first-order valence-corrected chi connectivity index (χ1v) is 8.44. The van der Waals surface area contributed by atoms with Crippen molar-refractivity contribution in [3.8, 4) is 0 Å². The summed E-state index contributed by atoms with van der Waals surface area (Å²) in [6, 6.07) is 7.54. The zero-order chi connectivity index (χ0) is 18.2. The maximum Gasteiger partial charge on any atom is 0.229 e. The molecule has 1 heterocycles. The number of nitrogens with one attached hydrogen (secondary N) is 1. The monoisotopic (exact) mass is 362 g/mol. The summed E-state index contributed by atoms with van der Waals surface area (Å²) in [4.78, 5) is 16.4. The van der Waals surface area contributed by atoms with Gasteiger partial charge in [-0.25, -0.2) is 4.99 Å². The molecule has 0 aliphatic carbocycles. The van der Waals surface area contributed by atoms with Crippen molar-refractivity contribution in [1.29, 1.82) is 0 Å². The minimum absolute atomic E-state index is 0.0514. The average Bonchev–Trinajstić information content (AvgIpc) is 3.08.